The van der Waals surface area contributed by atoms with Gasteiger partial charge in [0.2, 0.25) is 0 Å². The van der Waals surface area contributed by atoms with Crippen LogP contribution in [0, 0.1) is 0 Å². The second kappa shape index (κ2) is 9.19. The van der Waals surface area contributed by atoms with Crippen molar-refractivity contribution in [3.05, 3.63) is 110 Å². The van der Waals surface area contributed by atoms with Crippen molar-refractivity contribution in [3.63, 3.8) is 0 Å². The van der Waals surface area contributed by atoms with E-state index in [0.29, 0.717) is 17.2 Å². The molecule has 0 saturated carbocycles. The standard InChI is InChI=1S/3C9H7NO.In/c3*11-8-5-1-3-7-4-2-6-10-9(7)8;/h3*1-6,11H;/q;;;+3/p-3/i;;;1-2. The number of fused-ring (bicyclic) bond motifs is 3. The predicted molar refractivity (Wildman–Crippen MR) is 133 cm³/mol. The summed E-state index contributed by atoms with van der Waals surface area (Å²) in [6.07, 6.45) is 5.26. The first-order chi connectivity index (χ1) is 16.8. The Morgan fingerprint density at radius 2 is 0.735 bits per heavy atom. The third-order valence-electron chi connectivity index (χ3n) is 5.46. The summed E-state index contributed by atoms with van der Waals surface area (Å²) in [5, 5.41) is 2.97. The van der Waals surface area contributed by atoms with Gasteiger partial charge in [-0.05, 0) is 0 Å². The molecule has 0 N–H and O–H groups in total. The van der Waals surface area contributed by atoms with Gasteiger partial charge in [-0.1, -0.05) is 0 Å². The second-order valence-electron chi connectivity index (χ2n) is 7.64. The number of hydrogen-bond acceptors (Lipinski definition) is 6. The number of nitrogens with zero attached hydrogens (tertiary/aromatic N) is 3. The predicted octanol–water partition coefficient (Wildman–Crippen LogP) is 5.85. The van der Waals surface area contributed by atoms with Crippen molar-refractivity contribution in [2.75, 3.05) is 0 Å². The number of para-hydroxylation sites is 3. The van der Waals surface area contributed by atoms with E-state index in [1.165, 1.54) is 0 Å². The Kier molecular flexibility index (Phi) is 5.61. The van der Waals surface area contributed by atoms with Crippen LogP contribution in [0.2, 0.25) is 0 Å². The van der Waals surface area contributed by atoms with Gasteiger partial charge in [-0.15, -0.1) is 0 Å². The van der Waals surface area contributed by atoms with Crippen LogP contribution in [0.1, 0.15) is 0 Å². The summed E-state index contributed by atoms with van der Waals surface area (Å²) in [6.45, 7) is 0. The van der Waals surface area contributed by atoms with Crippen LogP contribution < -0.4 is 8.56 Å². The monoisotopic (exact) mass is 545 g/mol. The van der Waals surface area contributed by atoms with E-state index in [4.69, 9.17) is 8.56 Å². The van der Waals surface area contributed by atoms with Gasteiger partial charge in [0.25, 0.3) is 0 Å². The Labute approximate surface area is 205 Å². The van der Waals surface area contributed by atoms with Crippen molar-refractivity contribution in [3.8, 4) is 17.2 Å². The Morgan fingerprint density at radius 3 is 1.09 bits per heavy atom. The van der Waals surface area contributed by atoms with E-state index in [0.717, 1.165) is 32.7 Å². The van der Waals surface area contributed by atoms with Crippen LogP contribution in [-0.2, 0) is 0 Å². The van der Waals surface area contributed by atoms with E-state index in [2.05, 4.69) is 15.0 Å². The van der Waals surface area contributed by atoms with Gasteiger partial charge >= 0.3 is 206 Å². The van der Waals surface area contributed by atoms with Crippen molar-refractivity contribution < 1.29 is 8.56 Å². The zero-order valence-electron chi connectivity index (χ0n) is 18.0. The molecule has 6 rings (SSSR count). The van der Waals surface area contributed by atoms with Crippen LogP contribution in [-0.4, -0.2) is 37.7 Å². The molecule has 3 heterocycles. The normalized spacial score (nSPS) is 10.9. The molecule has 0 aliphatic heterocycles. The summed E-state index contributed by atoms with van der Waals surface area (Å²) in [4.78, 5) is 13.6. The topological polar surface area (TPSA) is 66.4 Å². The van der Waals surface area contributed by atoms with Gasteiger partial charge in [-0.2, -0.15) is 0 Å². The zero-order chi connectivity index (χ0) is 22.7. The van der Waals surface area contributed by atoms with E-state index >= 15 is 0 Å². The fourth-order valence-corrected chi connectivity index (χ4v) is 7.71. The van der Waals surface area contributed by atoms with Crippen molar-refractivity contribution in [2.24, 2.45) is 0 Å². The third-order valence-corrected chi connectivity index (χ3v) is 9.28. The molecule has 0 aliphatic rings. The van der Waals surface area contributed by atoms with Crippen molar-refractivity contribution >= 4 is 55.5 Å². The molecule has 0 aliphatic carbocycles. The molecule has 0 fully saturated rings. The third kappa shape index (κ3) is 4.10. The fraction of sp³-hybridized carbons (Fsp3) is 0. The number of benzene rings is 3. The van der Waals surface area contributed by atoms with Crippen LogP contribution in [0.25, 0.3) is 32.7 Å². The Hall–Kier alpha value is -3.84. The molecule has 0 bridgehead atoms. The summed E-state index contributed by atoms with van der Waals surface area (Å²) in [5.41, 5.74) is 2.31. The molecule has 0 spiro atoms. The van der Waals surface area contributed by atoms with Crippen molar-refractivity contribution in [1.82, 2.24) is 15.0 Å². The Morgan fingerprint density at radius 1 is 0.412 bits per heavy atom. The summed E-state index contributed by atoms with van der Waals surface area (Å²) in [6, 6.07) is 29.3. The van der Waals surface area contributed by atoms with Gasteiger partial charge in [0.15, 0.2) is 0 Å². The van der Waals surface area contributed by atoms with Gasteiger partial charge in [0, 0.05) is 0 Å². The van der Waals surface area contributed by atoms with Crippen LogP contribution in [0.3, 0.4) is 0 Å². The van der Waals surface area contributed by atoms with E-state index < -0.39 is 22.7 Å². The van der Waals surface area contributed by atoms with Gasteiger partial charge in [0.1, 0.15) is 0 Å². The quantitative estimate of drug-likeness (QED) is 0.262. The first-order valence-corrected chi connectivity index (χ1v) is 14.9. The van der Waals surface area contributed by atoms with E-state index in [1.54, 1.807) is 18.6 Å². The van der Waals surface area contributed by atoms with Gasteiger partial charge in [-0.3, -0.25) is 0 Å². The molecule has 7 heteroatoms. The molecular weight excluding hydrogens is 527 g/mol. The number of hydrogen-bond donors (Lipinski definition) is 0. The SMILES string of the molecule is c1cnc2c([O][113In]([O]c3cccc4cccnc34)[O]c3cccc4cccnc34)cccc2c1. The summed E-state index contributed by atoms with van der Waals surface area (Å²) in [7, 11) is 0. The molecule has 0 atom stereocenters. The zero-order valence-corrected chi connectivity index (χ0v) is 21.3. The summed E-state index contributed by atoms with van der Waals surface area (Å²) >= 11 is -3.75. The summed E-state index contributed by atoms with van der Waals surface area (Å²) in [5.74, 6) is 1.92. The fourth-order valence-electron chi connectivity index (χ4n) is 3.90. The van der Waals surface area contributed by atoms with Crippen LogP contribution in [0.4, 0.5) is 0 Å². The molecule has 162 valence electrons. The molecule has 0 amide bonds. The average Bonchev–Trinajstić information content (AvgIpc) is 2.89. The second-order valence-corrected chi connectivity index (χ2v) is 11.3. The summed E-state index contributed by atoms with van der Waals surface area (Å²) < 4.78 is 19.4. The number of rotatable bonds is 6. The van der Waals surface area contributed by atoms with Crippen molar-refractivity contribution in [1.29, 1.82) is 0 Å². The Bertz CT molecular complexity index is 1420. The van der Waals surface area contributed by atoms with E-state index in [1.807, 2.05) is 91.0 Å². The number of aromatic nitrogens is 3. The minimum atomic E-state index is -3.75. The van der Waals surface area contributed by atoms with E-state index in [-0.39, 0.29) is 0 Å². The van der Waals surface area contributed by atoms with Crippen LogP contribution in [0.15, 0.2) is 110 Å². The average molecular weight is 545 g/mol. The minimum absolute atomic E-state index is 0.639. The number of pyridine rings is 3. The molecule has 3 aromatic carbocycles. The molecule has 0 unspecified atom stereocenters. The Balaban J connectivity index is 1.42. The molecule has 34 heavy (non-hydrogen) atoms. The first kappa shape index (κ1) is 20.7. The molecule has 6 nitrogen and oxygen atoms in total. The van der Waals surface area contributed by atoms with Crippen LogP contribution >= 0.6 is 0 Å². The van der Waals surface area contributed by atoms with Gasteiger partial charge < -0.3 is 0 Å². The van der Waals surface area contributed by atoms with Crippen molar-refractivity contribution in [2.45, 2.75) is 0 Å². The van der Waals surface area contributed by atoms with E-state index in [9.17, 15) is 0 Å². The first-order valence-electron chi connectivity index (χ1n) is 10.9. The molecular formula is C27H18InN3O3. The maximum absolute atomic E-state index is 6.48. The maximum atomic E-state index is 6.48. The van der Waals surface area contributed by atoms with Gasteiger partial charge in [-0.25, -0.2) is 0 Å². The van der Waals surface area contributed by atoms with Gasteiger partial charge in [0.05, 0.1) is 0 Å². The van der Waals surface area contributed by atoms with Crippen LogP contribution in [0.5, 0.6) is 17.2 Å². The molecule has 3 aromatic heterocycles. The molecule has 0 radical (unpaired) electrons. The molecule has 0 saturated heterocycles. The molecule has 6 aromatic rings.